The molecule has 150 valence electrons. The Labute approximate surface area is 159 Å². The first-order chi connectivity index (χ1) is 13.3. The number of alkyl halides is 3. The zero-order valence-corrected chi connectivity index (χ0v) is 15.0. The third-order valence-electron chi connectivity index (χ3n) is 5.38. The zero-order valence-electron chi connectivity index (χ0n) is 15.0. The van der Waals surface area contributed by atoms with E-state index in [0.717, 1.165) is 23.9 Å². The number of piperidine rings is 1. The summed E-state index contributed by atoms with van der Waals surface area (Å²) in [6.45, 7) is 1.18. The Bertz CT molecular complexity index is 856. The van der Waals surface area contributed by atoms with Gasteiger partial charge in [0.05, 0.1) is 12.2 Å². The predicted octanol–water partition coefficient (Wildman–Crippen LogP) is 4.31. The lowest BCUT2D eigenvalue weighted by atomic mass is 9.96. The molecule has 2 atom stereocenters. The summed E-state index contributed by atoms with van der Waals surface area (Å²) in [4.78, 5) is 14.5. The lowest BCUT2D eigenvalue weighted by Crippen LogP contribution is -2.38. The van der Waals surface area contributed by atoms with Gasteiger partial charge in [-0.15, -0.1) is 0 Å². The van der Waals surface area contributed by atoms with E-state index in [9.17, 15) is 22.4 Å². The standard InChI is InChI=1S/C19H20F4N4O/c20-13-6-4-12(5-7-13)15-10-16(19(21,22)23)27-17(25-15)14(11-24-27)18(28)26-8-2-1-3-9-26/h4-7,11,15-16,25H,1-3,8-10H2/t15-,16-/m0/s1. The van der Waals surface area contributed by atoms with Gasteiger partial charge < -0.3 is 10.2 Å². The van der Waals surface area contributed by atoms with Gasteiger partial charge >= 0.3 is 6.18 Å². The molecule has 1 N–H and O–H groups in total. The molecule has 1 aromatic carbocycles. The highest BCUT2D eigenvalue weighted by atomic mass is 19.4. The summed E-state index contributed by atoms with van der Waals surface area (Å²) in [5.41, 5.74) is 0.669. The third-order valence-corrected chi connectivity index (χ3v) is 5.38. The number of hydrogen-bond donors (Lipinski definition) is 1. The maximum absolute atomic E-state index is 13.7. The van der Waals surface area contributed by atoms with Crippen molar-refractivity contribution >= 4 is 11.7 Å². The average Bonchev–Trinajstić information content (AvgIpc) is 3.11. The number of rotatable bonds is 2. The SMILES string of the molecule is O=C(c1cnn2c1N[C@H](c1ccc(F)cc1)C[C@H]2C(F)(F)F)N1CCCCC1. The molecule has 0 saturated carbocycles. The predicted molar refractivity (Wildman–Crippen MR) is 94.5 cm³/mol. The van der Waals surface area contributed by atoms with Gasteiger partial charge in [-0.1, -0.05) is 12.1 Å². The monoisotopic (exact) mass is 396 g/mol. The number of carbonyl (C=O) groups excluding carboxylic acids is 1. The van der Waals surface area contributed by atoms with Crippen LogP contribution in [0.1, 0.15) is 53.7 Å². The highest BCUT2D eigenvalue weighted by molar-refractivity contribution is 5.99. The molecule has 28 heavy (non-hydrogen) atoms. The van der Waals surface area contributed by atoms with Crippen LogP contribution in [0.5, 0.6) is 0 Å². The topological polar surface area (TPSA) is 50.2 Å². The first kappa shape index (κ1) is 18.8. The molecule has 1 aromatic heterocycles. The normalized spacial score (nSPS) is 22.5. The van der Waals surface area contributed by atoms with Crippen LogP contribution < -0.4 is 5.32 Å². The third kappa shape index (κ3) is 3.45. The number of amides is 1. The Morgan fingerprint density at radius 1 is 1.11 bits per heavy atom. The van der Waals surface area contributed by atoms with Crippen molar-refractivity contribution in [2.24, 2.45) is 0 Å². The van der Waals surface area contributed by atoms with E-state index in [-0.39, 0.29) is 23.7 Å². The van der Waals surface area contributed by atoms with Gasteiger partial charge in [0.15, 0.2) is 6.04 Å². The van der Waals surface area contributed by atoms with E-state index in [1.807, 2.05) is 0 Å². The number of anilines is 1. The van der Waals surface area contributed by atoms with Crippen LogP contribution in [0.15, 0.2) is 30.5 Å². The van der Waals surface area contributed by atoms with Crippen LogP contribution in [0.4, 0.5) is 23.4 Å². The number of aromatic nitrogens is 2. The van der Waals surface area contributed by atoms with Crippen LogP contribution in [-0.4, -0.2) is 39.9 Å². The molecule has 5 nitrogen and oxygen atoms in total. The second kappa shape index (κ2) is 7.10. The molecule has 2 aliphatic rings. The first-order valence-electron chi connectivity index (χ1n) is 9.30. The number of fused-ring (bicyclic) bond motifs is 1. The van der Waals surface area contributed by atoms with Gasteiger partial charge in [0, 0.05) is 19.5 Å². The fourth-order valence-corrected chi connectivity index (χ4v) is 3.90. The number of carbonyl (C=O) groups is 1. The number of nitrogens with one attached hydrogen (secondary N) is 1. The summed E-state index contributed by atoms with van der Waals surface area (Å²) in [5.74, 6) is -0.703. The van der Waals surface area contributed by atoms with Crippen molar-refractivity contribution in [2.45, 2.75) is 43.9 Å². The number of nitrogens with zero attached hydrogens (tertiary/aromatic N) is 3. The summed E-state index contributed by atoms with van der Waals surface area (Å²) < 4.78 is 55.2. The molecule has 0 aliphatic carbocycles. The Morgan fingerprint density at radius 3 is 2.43 bits per heavy atom. The molecule has 0 bridgehead atoms. The number of likely N-dealkylation sites (tertiary alicyclic amines) is 1. The van der Waals surface area contributed by atoms with Gasteiger partial charge in [-0.2, -0.15) is 18.3 Å². The van der Waals surface area contributed by atoms with Crippen molar-refractivity contribution in [1.29, 1.82) is 0 Å². The maximum atomic E-state index is 13.7. The van der Waals surface area contributed by atoms with E-state index in [1.54, 1.807) is 4.90 Å². The van der Waals surface area contributed by atoms with Crippen molar-refractivity contribution in [2.75, 3.05) is 18.4 Å². The molecule has 0 spiro atoms. The van der Waals surface area contributed by atoms with E-state index in [1.165, 1.54) is 30.5 Å². The van der Waals surface area contributed by atoms with Crippen molar-refractivity contribution in [3.63, 3.8) is 0 Å². The lowest BCUT2D eigenvalue weighted by molar-refractivity contribution is -0.173. The van der Waals surface area contributed by atoms with E-state index in [2.05, 4.69) is 10.4 Å². The zero-order chi connectivity index (χ0) is 19.9. The molecule has 4 rings (SSSR count). The number of halogens is 4. The first-order valence-corrected chi connectivity index (χ1v) is 9.30. The molecular weight excluding hydrogens is 376 g/mol. The van der Waals surface area contributed by atoms with E-state index in [0.29, 0.717) is 18.7 Å². The molecule has 1 fully saturated rings. The summed E-state index contributed by atoms with van der Waals surface area (Å²) in [6, 6.07) is 2.78. The number of benzene rings is 1. The summed E-state index contributed by atoms with van der Waals surface area (Å²) in [7, 11) is 0. The summed E-state index contributed by atoms with van der Waals surface area (Å²) in [5, 5.41) is 6.92. The molecule has 2 aliphatic heterocycles. The Balaban J connectivity index is 1.70. The fraction of sp³-hybridized carbons (Fsp3) is 0.474. The lowest BCUT2D eigenvalue weighted by Gasteiger charge is -2.34. The Hall–Kier alpha value is -2.58. The molecule has 2 aromatic rings. The minimum absolute atomic E-state index is 0.0680. The van der Waals surface area contributed by atoms with Gasteiger partial charge in [-0.05, 0) is 37.0 Å². The van der Waals surface area contributed by atoms with Gasteiger partial charge in [-0.25, -0.2) is 9.07 Å². The van der Waals surface area contributed by atoms with E-state index >= 15 is 0 Å². The minimum atomic E-state index is -4.52. The van der Waals surface area contributed by atoms with Gasteiger partial charge in [-0.3, -0.25) is 4.79 Å². The average molecular weight is 396 g/mol. The quantitative estimate of drug-likeness (QED) is 0.770. The molecule has 9 heteroatoms. The highest BCUT2D eigenvalue weighted by Gasteiger charge is 2.47. The second-order valence-corrected chi connectivity index (χ2v) is 7.25. The van der Waals surface area contributed by atoms with Gasteiger partial charge in [0.25, 0.3) is 5.91 Å². The highest BCUT2D eigenvalue weighted by Crippen LogP contribution is 2.44. The van der Waals surface area contributed by atoms with Crippen molar-refractivity contribution in [1.82, 2.24) is 14.7 Å². The van der Waals surface area contributed by atoms with Crippen LogP contribution in [0, 0.1) is 5.82 Å². The molecule has 0 radical (unpaired) electrons. The summed E-state index contributed by atoms with van der Waals surface area (Å²) in [6.07, 6.45) is -0.798. The summed E-state index contributed by atoms with van der Waals surface area (Å²) >= 11 is 0. The molecule has 3 heterocycles. The smallest absolute Gasteiger partial charge is 0.363 e. The Morgan fingerprint density at radius 2 is 1.79 bits per heavy atom. The van der Waals surface area contributed by atoms with E-state index in [4.69, 9.17) is 0 Å². The largest absolute Gasteiger partial charge is 0.410 e. The van der Waals surface area contributed by atoms with Crippen LogP contribution in [0.2, 0.25) is 0 Å². The van der Waals surface area contributed by atoms with Gasteiger partial charge in [0.2, 0.25) is 0 Å². The van der Waals surface area contributed by atoms with Crippen molar-refractivity contribution in [3.8, 4) is 0 Å². The van der Waals surface area contributed by atoms with Crippen LogP contribution >= 0.6 is 0 Å². The molecule has 1 amide bonds. The molecular formula is C19H20F4N4O. The number of hydrogen-bond acceptors (Lipinski definition) is 3. The molecule has 0 unspecified atom stereocenters. The fourth-order valence-electron chi connectivity index (χ4n) is 3.90. The van der Waals surface area contributed by atoms with E-state index < -0.39 is 24.1 Å². The van der Waals surface area contributed by atoms with Crippen molar-refractivity contribution in [3.05, 3.63) is 47.4 Å². The molecule has 1 saturated heterocycles. The van der Waals surface area contributed by atoms with Crippen molar-refractivity contribution < 1.29 is 22.4 Å². The van der Waals surface area contributed by atoms with Crippen LogP contribution in [-0.2, 0) is 0 Å². The Kier molecular flexibility index (Phi) is 4.76. The van der Waals surface area contributed by atoms with Crippen LogP contribution in [0.3, 0.4) is 0 Å². The maximum Gasteiger partial charge on any atom is 0.410 e. The van der Waals surface area contributed by atoms with Gasteiger partial charge in [0.1, 0.15) is 17.2 Å². The minimum Gasteiger partial charge on any atom is -0.363 e. The second-order valence-electron chi connectivity index (χ2n) is 7.25. The van der Waals surface area contributed by atoms with Crippen LogP contribution in [0.25, 0.3) is 0 Å².